The molecule has 9 heavy (non-hydrogen) atoms. The van der Waals surface area contributed by atoms with Gasteiger partial charge in [-0.25, -0.2) is 0 Å². The SMILES string of the molecule is C#CC(C#N)C(C)C#N. The highest BCUT2D eigenvalue weighted by Gasteiger charge is 2.11. The van der Waals surface area contributed by atoms with Gasteiger partial charge in [0.2, 0.25) is 0 Å². The van der Waals surface area contributed by atoms with E-state index >= 15 is 0 Å². The largest absolute Gasteiger partial charge is 0.198 e. The Kier molecular flexibility index (Phi) is 2.96. The van der Waals surface area contributed by atoms with Gasteiger partial charge in [0.25, 0.3) is 0 Å². The fourth-order valence-electron chi connectivity index (χ4n) is 0.368. The van der Waals surface area contributed by atoms with E-state index in [1.165, 1.54) is 0 Å². The second-order valence-corrected chi connectivity index (χ2v) is 1.69. The summed E-state index contributed by atoms with van der Waals surface area (Å²) in [6, 6.07) is 3.75. The summed E-state index contributed by atoms with van der Waals surface area (Å²) in [5.74, 6) is 1.30. The molecule has 2 nitrogen and oxygen atoms in total. The topological polar surface area (TPSA) is 47.6 Å². The van der Waals surface area contributed by atoms with Crippen LogP contribution in [0.5, 0.6) is 0 Å². The van der Waals surface area contributed by atoms with Crippen LogP contribution < -0.4 is 0 Å². The number of rotatable bonds is 1. The molecule has 0 bridgehead atoms. The number of hydrogen-bond donors (Lipinski definition) is 0. The molecule has 0 aromatic heterocycles. The lowest BCUT2D eigenvalue weighted by Crippen LogP contribution is -2.03. The Hall–Kier alpha value is -1.46. The maximum atomic E-state index is 8.28. The molecule has 0 rings (SSSR count). The lowest BCUT2D eigenvalue weighted by molar-refractivity contribution is 0.655. The molecule has 0 aliphatic heterocycles. The first-order valence-corrected chi connectivity index (χ1v) is 2.51. The molecule has 0 N–H and O–H groups in total. The van der Waals surface area contributed by atoms with Crippen molar-refractivity contribution in [2.45, 2.75) is 6.92 Å². The predicted molar refractivity (Wildman–Crippen MR) is 32.7 cm³/mol. The molecule has 0 amide bonds. The third-order valence-electron chi connectivity index (χ3n) is 1.02. The molecule has 2 unspecified atom stereocenters. The van der Waals surface area contributed by atoms with E-state index in [0.29, 0.717) is 0 Å². The summed E-state index contributed by atoms with van der Waals surface area (Å²) >= 11 is 0. The summed E-state index contributed by atoms with van der Waals surface area (Å²) in [6.45, 7) is 1.63. The van der Waals surface area contributed by atoms with E-state index in [1.807, 2.05) is 12.1 Å². The number of terminal acetylenes is 1. The maximum absolute atomic E-state index is 8.28. The first-order valence-electron chi connectivity index (χ1n) is 2.51. The molecule has 44 valence electrons. The van der Waals surface area contributed by atoms with Crippen LogP contribution in [0.2, 0.25) is 0 Å². The minimum Gasteiger partial charge on any atom is -0.198 e. The zero-order valence-electron chi connectivity index (χ0n) is 5.13. The van der Waals surface area contributed by atoms with E-state index in [9.17, 15) is 0 Å². The molecule has 0 saturated carbocycles. The van der Waals surface area contributed by atoms with Crippen molar-refractivity contribution in [1.29, 1.82) is 10.5 Å². The van der Waals surface area contributed by atoms with Crippen LogP contribution in [0.15, 0.2) is 0 Å². The summed E-state index contributed by atoms with van der Waals surface area (Å²) in [7, 11) is 0. The molecule has 0 aromatic carbocycles. The second kappa shape index (κ2) is 3.53. The van der Waals surface area contributed by atoms with E-state index in [0.717, 1.165) is 0 Å². The second-order valence-electron chi connectivity index (χ2n) is 1.69. The Morgan fingerprint density at radius 1 is 1.33 bits per heavy atom. The first kappa shape index (κ1) is 7.54. The quantitative estimate of drug-likeness (QED) is 0.480. The van der Waals surface area contributed by atoms with Crippen molar-refractivity contribution in [2.24, 2.45) is 11.8 Å². The van der Waals surface area contributed by atoms with Crippen LogP contribution in [0.4, 0.5) is 0 Å². The highest BCUT2D eigenvalue weighted by Crippen LogP contribution is 2.06. The Balaban J connectivity index is 4.08. The van der Waals surface area contributed by atoms with Gasteiger partial charge in [0.15, 0.2) is 0 Å². The lowest BCUT2D eigenvalue weighted by atomic mass is 9.98. The molecule has 0 aliphatic carbocycles. The van der Waals surface area contributed by atoms with Crippen molar-refractivity contribution in [3.05, 3.63) is 0 Å². The minimum atomic E-state index is -0.560. The molecule has 0 aliphatic rings. The maximum Gasteiger partial charge on any atom is 0.122 e. The van der Waals surface area contributed by atoms with Gasteiger partial charge in [-0.2, -0.15) is 10.5 Å². The smallest absolute Gasteiger partial charge is 0.122 e. The Labute approximate surface area is 54.7 Å². The highest BCUT2D eigenvalue weighted by atomic mass is 14.3. The third-order valence-corrected chi connectivity index (χ3v) is 1.02. The highest BCUT2D eigenvalue weighted by molar-refractivity contribution is 5.11. The van der Waals surface area contributed by atoms with Gasteiger partial charge in [-0.3, -0.25) is 0 Å². The summed E-state index contributed by atoms with van der Waals surface area (Å²) in [5, 5.41) is 16.6. The summed E-state index contributed by atoms with van der Waals surface area (Å²) in [6.07, 6.45) is 4.94. The van der Waals surface area contributed by atoms with E-state index in [2.05, 4.69) is 5.92 Å². The van der Waals surface area contributed by atoms with E-state index in [1.54, 1.807) is 6.92 Å². The van der Waals surface area contributed by atoms with Gasteiger partial charge in [0.05, 0.1) is 18.1 Å². The zero-order chi connectivity index (χ0) is 7.28. The van der Waals surface area contributed by atoms with Crippen LogP contribution >= 0.6 is 0 Å². The molecular formula is C7H6N2. The third kappa shape index (κ3) is 1.85. The van der Waals surface area contributed by atoms with Gasteiger partial charge >= 0.3 is 0 Å². The Morgan fingerprint density at radius 2 is 1.89 bits per heavy atom. The monoisotopic (exact) mass is 118 g/mol. The summed E-state index contributed by atoms with van der Waals surface area (Å²) in [5.41, 5.74) is 0. The van der Waals surface area contributed by atoms with Crippen molar-refractivity contribution in [3.63, 3.8) is 0 Å². The van der Waals surface area contributed by atoms with Crippen LogP contribution in [-0.4, -0.2) is 0 Å². The molecule has 0 spiro atoms. The van der Waals surface area contributed by atoms with Gasteiger partial charge < -0.3 is 0 Å². The van der Waals surface area contributed by atoms with Crippen molar-refractivity contribution < 1.29 is 0 Å². The first-order chi connectivity index (χ1) is 4.26. The van der Waals surface area contributed by atoms with E-state index in [-0.39, 0.29) is 5.92 Å². The fraction of sp³-hybridized carbons (Fsp3) is 0.429. The van der Waals surface area contributed by atoms with Crippen LogP contribution in [-0.2, 0) is 0 Å². The van der Waals surface area contributed by atoms with Crippen LogP contribution in [0.1, 0.15) is 6.92 Å². The normalized spacial score (nSPS) is 14.0. The lowest BCUT2D eigenvalue weighted by Gasteiger charge is -1.98. The van der Waals surface area contributed by atoms with E-state index in [4.69, 9.17) is 16.9 Å². The molecule has 0 fully saturated rings. The molecule has 0 saturated heterocycles. The standard InChI is InChI=1S/C7H6N2/c1-3-7(5-9)6(2)4-8/h1,6-7H,2H3. The summed E-state index contributed by atoms with van der Waals surface area (Å²) < 4.78 is 0. The van der Waals surface area contributed by atoms with Crippen LogP contribution in [0, 0.1) is 46.8 Å². The van der Waals surface area contributed by atoms with Gasteiger partial charge in [-0.15, -0.1) is 6.42 Å². The molecule has 0 aromatic rings. The fourth-order valence-corrected chi connectivity index (χ4v) is 0.368. The predicted octanol–water partition coefficient (Wildman–Crippen LogP) is 0.919. The van der Waals surface area contributed by atoms with Crippen molar-refractivity contribution >= 4 is 0 Å². The average Bonchev–Trinajstić information content (AvgIpc) is 1.90. The molecule has 0 radical (unpaired) electrons. The molecule has 2 heteroatoms. The van der Waals surface area contributed by atoms with Crippen LogP contribution in [0.25, 0.3) is 0 Å². The Morgan fingerprint density at radius 3 is 2.00 bits per heavy atom. The van der Waals surface area contributed by atoms with Gasteiger partial charge in [-0.1, -0.05) is 5.92 Å². The van der Waals surface area contributed by atoms with E-state index < -0.39 is 5.92 Å². The minimum absolute atomic E-state index is 0.361. The Bertz CT molecular complexity index is 184. The number of nitrogens with zero attached hydrogens (tertiary/aromatic N) is 2. The van der Waals surface area contributed by atoms with Gasteiger partial charge in [0.1, 0.15) is 5.92 Å². The average molecular weight is 118 g/mol. The zero-order valence-corrected chi connectivity index (χ0v) is 5.13. The van der Waals surface area contributed by atoms with Gasteiger partial charge in [0, 0.05) is 0 Å². The van der Waals surface area contributed by atoms with Crippen LogP contribution in [0.3, 0.4) is 0 Å². The van der Waals surface area contributed by atoms with Gasteiger partial charge in [-0.05, 0) is 6.92 Å². The van der Waals surface area contributed by atoms with Crippen molar-refractivity contribution in [1.82, 2.24) is 0 Å². The van der Waals surface area contributed by atoms with Crippen molar-refractivity contribution in [2.75, 3.05) is 0 Å². The molecular weight excluding hydrogens is 112 g/mol. The molecule has 0 heterocycles. The number of nitriles is 2. The molecule has 2 atom stereocenters. The van der Waals surface area contributed by atoms with Crippen molar-refractivity contribution in [3.8, 4) is 24.5 Å². The summed E-state index contributed by atoms with van der Waals surface area (Å²) in [4.78, 5) is 0. The number of hydrogen-bond acceptors (Lipinski definition) is 2.